The Labute approximate surface area is 117 Å². The summed E-state index contributed by atoms with van der Waals surface area (Å²) in [5, 5.41) is 0. The zero-order valence-corrected chi connectivity index (χ0v) is 14.0. The number of methoxy groups -OCH3 is 1. The van der Waals surface area contributed by atoms with Crippen molar-refractivity contribution in [2.45, 2.75) is 30.7 Å². The molecule has 6 atom stereocenters. The van der Waals surface area contributed by atoms with E-state index in [2.05, 4.69) is 6.66 Å². The van der Waals surface area contributed by atoms with Gasteiger partial charge in [0.25, 0.3) is 0 Å². The molecule has 1 saturated heterocycles. The van der Waals surface area contributed by atoms with Crippen LogP contribution >= 0.6 is 26.1 Å². The Morgan fingerprint density at radius 2 is 2.29 bits per heavy atom. The summed E-state index contributed by atoms with van der Waals surface area (Å²) in [5.41, 5.74) is -0.414. The van der Waals surface area contributed by atoms with E-state index in [1.165, 1.54) is 0 Å². The van der Waals surface area contributed by atoms with Gasteiger partial charge in [-0.2, -0.15) is 0 Å². The van der Waals surface area contributed by atoms with Crippen molar-refractivity contribution in [3.8, 4) is 0 Å². The molecule has 0 N–H and O–H groups in total. The van der Waals surface area contributed by atoms with Gasteiger partial charge in [0, 0.05) is 21.9 Å². The third kappa shape index (κ3) is 4.11. The molecule has 8 heteroatoms. The second-order valence-corrected chi connectivity index (χ2v) is 10.9. The Balaban J connectivity index is 2.77. The Morgan fingerprint density at radius 1 is 1.65 bits per heavy atom. The first-order chi connectivity index (χ1) is 7.94. The predicted octanol–water partition coefficient (Wildman–Crippen LogP) is 2.12. The molecule has 0 spiro atoms. The third-order valence-corrected chi connectivity index (χ3v) is 6.66. The zero-order chi connectivity index (χ0) is 13.1. The quantitative estimate of drug-likeness (QED) is 0.553. The smallest absolute Gasteiger partial charge is 0.242 e. The van der Waals surface area contributed by atoms with Crippen LogP contribution in [0.3, 0.4) is 0 Å². The van der Waals surface area contributed by atoms with Crippen LogP contribution in [-0.4, -0.2) is 57.9 Å². The predicted molar refractivity (Wildman–Crippen MR) is 81.6 cm³/mol. The molecule has 96 valence electrons. The normalized spacial score (nSPS) is 39.1. The minimum Gasteiger partial charge on any atom is -0.377 e. The maximum absolute atomic E-state index is 5.94. The van der Waals surface area contributed by atoms with Gasteiger partial charge in [-0.1, -0.05) is 0 Å². The molecule has 0 amide bonds. The van der Waals surface area contributed by atoms with Crippen molar-refractivity contribution >= 4 is 45.7 Å². The van der Waals surface area contributed by atoms with Crippen molar-refractivity contribution in [3.05, 3.63) is 0 Å². The SMILES string of the molecule is [B][C@@H]1O[C@](C)(CS[P+](C)=S)C(OPC)[C@@H]1OC. The van der Waals surface area contributed by atoms with E-state index in [1.807, 2.05) is 13.6 Å². The average Bonchev–Trinajstić information content (AvgIpc) is 2.49. The number of rotatable bonds is 6. The zero-order valence-electron chi connectivity index (χ0n) is 10.5. The number of hydrogen-bond donors (Lipinski definition) is 0. The van der Waals surface area contributed by atoms with Crippen molar-refractivity contribution in [2.24, 2.45) is 0 Å². The van der Waals surface area contributed by atoms with Gasteiger partial charge in [0.15, 0.2) is 11.8 Å². The summed E-state index contributed by atoms with van der Waals surface area (Å²) in [5.74, 6) is 0.369. The lowest BCUT2D eigenvalue weighted by molar-refractivity contribution is -0.0228. The van der Waals surface area contributed by atoms with E-state index in [0.29, 0.717) is 8.81 Å². The summed E-state index contributed by atoms with van der Waals surface area (Å²) in [6, 6.07) is -0.430. The van der Waals surface area contributed by atoms with Gasteiger partial charge in [-0.05, 0) is 13.6 Å². The summed E-state index contributed by atoms with van der Waals surface area (Å²) in [6.07, 6.45) is -0.329. The van der Waals surface area contributed by atoms with Crippen LogP contribution in [0.15, 0.2) is 0 Å². The van der Waals surface area contributed by atoms with E-state index in [-0.39, 0.29) is 12.2 Å². The lowest BCUT2D eigenvalue weighted by Crippen LogP contribution is -2.44. The minimum atomic E-state index is -0.430. The highest BCUT2D eigenvalue weighted by atomic mass is 32.9. The van der Waals surface area contributed by atoms with E-state index in [9.17, 15) is 0 Å². The van der Waals surface area contributed by atoms with Crippen LogP contribution in [0.2, 0.25) is 0 Å². The molecule has 0 aromatic rings. The molecule has 0 aromatic carbocycles. The maximum Gasteiger partial charge on any atom is 0.242 e. The molecule has 3 unspecified atom stereocenters. The van der Waals surface area contributed by atoms with Gasteiger partial charge in [0.2, 0.25) is 5.90 Å². The summed E-state index contributed by atoms with van der Waals surface area (Å²) >= 11 is 6.96. The monoisotopic (exact) mass is 311 g/mol. The molecule has 2 radical (unpaired) electrons. The van der Waals surface area contributed by atoms with E-state index >= 15 is 0 Å². The molecular formula is C9H18BO3P2S2+. The fourth-order valence-electron chi connectivity index (χ4n) is 1.88. The van der Waals surface area contributed by atoms with Crippen LogP contribution in [0, 0.1) is 0 Å². The van der Waals surface area contributed by atoms with Crippen molar-refractivity contribution in [1.29, 1.82) is 0 Å². The van der Waals surface area contributed by atoms with Crippen molar-refractivity contribution < 1.29 is 14.0 Å². The molecule has 0 aromatic heterocycles. The van der Waals surface area contributed by atoms with Gasteiger partial charge in [0.05, 0.1) is 17.1 Å². The largest absolute Gasteiger partial charge is 0.377 e. The Kier molecular flexibility index (Phi) is 6.85. The number of hydrogen-bond acceptors (Lipinski definition) is 5. The summed E-state index contributed by atoms with van der Waals surface area (Å²) in [4.78, 5) is 0. The van der Waals surface area contributed by atoms with Gasteiger partial charge in [-0.15, -0.1) is 0 Å². The third-order valence-electron chi connectivity index (χ3n) is 2.68. The molecule has 1 fully saturated rings. The molecule has 0 aliphatic carbocycles. The van der Waals surface area contributed by atoms with Crippen molar-refractivity contribution in [2.75, 3.05) is 26.2 Å². The van der Waals surface area contributed by atoms with Crippen LogP contribution in [-0.2, 0) is 25.8 Å². The van der Waals surface area contributed by atoms with Gasteiger partial charge >= 0.3 is 0 Å². The molecule has 1 aliphatic rings. The molecular weight excluding hydrogens is 293 g/mol. The van der Waals surface area contributed by atoms with E-state index in [4.69, 9.17) is 33.7 Å². The minimum absolute atomic E-state index is 0.122. The van der Waals surface area contributed by atoms with E-state index in [0.717, 1.165) is 5.75 Å². The summed E-state index contributed by atoms with van der Waals surface area (Å²) < 4.78 is 17.0. The summed E-state index contributed by atoms with van der Waals surface area (Å²) in [7, 11) is 7.97. The molecule has 0 bridgehead atoms. The highest BCUT2D eigenvalue weighted by Gasteiger charge is 2.52. The fourth-order valence-corrected chi connectivity index (χ4v) is 4.97. The highest BCUT2D eigenvalue weighted by Crippen LogP contribution is 2.44. The Morgan fingerprint density at radius 3 is 2.76 bits per heavy atom. The molecule has 0 saturated carbocycles. The first-order valence-corrected chi connectivity index (χ1v) is 11.1. The summed E-state index contributed by atoms with van der Waals surface area (Å²) in [6.45, 7) is 6.07. The Hall–Kier alpha value is 1.24. The van der Waals surface area contributed by atoms with Gasteiger partial charge in [0.1, 0.15) is 32.3 Å². The highest BCUT2D eigenvalue weighted by molar-refractivity contribution is 8.64. The molecule has 1 aliphatic heterocycles. The van der Waals surface area contributed by atoms with Crippen LogP contribution < -0.4 is 0 Å². The van der Waals surface area contributed by atoms with Gasteiger partial charge < -0.3 is 14.0 Å². The standard InChI is InChI=1S/C9H18BO3P2S2/c1-9(5-17-15(4)16)7(13-14-3)6(11-2)8(10)12-9/h6-8,14H,5H2,1-4H3/q+1/t6-,7?,8+,9+/m0/s1. The van der Waals surface area contributed by atoms with Crippen LogP contribution in [0.4, 0.5) is 0 Å². The van der Waals surface area contributed by atoms with Crippen LogP contribution in [0.1, 0.15) is 6.92 Å². The molecule has 1 rings (SSSR count). The Bertz CT molecular complexity index is 285. The lowest BCUT2D eigenvalue weighted by atomic mass is 9.90. The van der Waals surface area contributed by atoms with Crippen LogP contribution in [0.5, 0.6) is 0 Å². The lowest BCUT2D eigenvalue weighted by Gasteiger charge is -2.29. The van der Waals surface area contributed by atoms with E-state index < -0.39 is 17.5 Å². The first-order valence-electron chi connectivity index (χ1n) is 5.27. The second kappa shape index (κ2) is 7.14. The molecule has 1 heterocycles. The fraction of sp³-hybridized carbons (Fsp3) is 1.00. The topological polar surface area (TPSA) is 27.7 Å². The average molecular weight is 311 g/mol. The van der Waals surface area contributed by atoms with Gasteiger partial charge in [-0.3, -0.25) is 0 Å². The van der Waals surface area contributed by atoms with Gasteiger partial charge in [-0.25, -0.2) is 0 Å². The number of ether oxygens (including phenoxy) is 2. The van der Waals surface area contributed by atoms with Crippen molar-refractivity contribution in [1.82, 2.24) is 0 Å². The van der Waals surface area contributed by atoms with Crippen molar-refractivity contribution in [3.63, 3.8) is 0 Å². The molecule has 17 heavy (non-hydrogen) atoms. The molecule has 3 nitrogen and oxygen atoms in total. The maximum atomic E-state index is 5.94. The second-order valence-electron chi connectivity index (χ2n) is 4.05. The van der Waals surface area contributed by atoms with E-state index in [1.54, 1.807) is 18.5 Å². The van der Waals surface area contributed by atoms with Crippen LogP contribution in [0.25, 0.3) is 0 Å². The first kappa shape index (κ1) is 16.3.